The number of nitrogens with one attached hydrogen (secondary N) is 2. The zero-order valence-electron chi connectivity index (χ0n) is 14.9. The average Bonchev–Trinajstić information content (AvgIpc) is 2.44. The fourth-order valence-corrected chi connectivity index (χ4v) is 1.92. The molecule has 0 aliphatic rings. The summed E-state index contributed by atoms with van der Waals surface area (Å²) in [6.07, 6.45) is -0.513. The minimum Gasteiger partial charge on any atom is -0.494 e. The monoisotopic (exact) mass is 324 g/mol. The van der Waals surface area contributed by atoms with Gasteiger partial charge in [0.15, 0.2) is 0 Å². The number of methoxy groups -OCH3 is 1. The Morgan fingerprint density at radius 3 is 2.57 bits per heavy atom. The van der Waals surface area contributed by atoms with Crippen LogP contribution in [0, 0.1) is 0 Å². The first-order valence-corrected chi connectivity index (χ1v) is 7.77. The van der Waals surface area contributed by atoms with Crippen LogP contribution in [-0.4, -0.2) is 38.1 Å². The van der Waals surface area contributed by atoms with E-state index in [2.05, 4.69) is 10.6 Å². The molecule has 0 saturated heterocycles. The number of benzene rings is 1. The third-order valence-electron chi connectivity index (χ3n) is 2.82. The van der Waals surface area contributed by atoms with Crippen molar-refractivity contribution in [2.75, 3.05) is 31.0 Å². The van der Waals surface area contributed by atoms with Gasteiger partial charge in [-0.25, -0.2) is 4.79 Å². The van der Waals surface area contributed by atoms with E-state index < -0.39 is 11.7 Å². The molecule has 0 aliphatic heterocycles. The predicted molar refractivity (Wildman–Crippen MR) is 92.4 cm³/mol. The van der Waals surface area contributed by atoms with Crippen LogP contribution in [-0.2, 0) is 9.47 Å². The van der Waals surface area contributed by atoms with E-state index in [9.17, 15) is 4.79 Å². The van der Waals surface area contributed by atoms with Gasteiger partial charge in [-0.05, 0) is 46.8 Å². The molecule has 1 unspecified atom stereocenters. The summed E-state index contributed by atoms with van der Waals surface area (Å²) in [5.74, 6) is 0.560. The van der Waals surface area contributed by atoms with Gasteiger partial charge in [-0.15, -0.1) is 0 Å². The predicted octanol–water partition coefficient (Wildman–Crippen LogP) is 3.88. The molecule has 23 heavy (non-hydrogen) atoms. The van der Waals surface area contributed by atoms with Crippen molar-refractivity contribution < 1.29 is 19.0 Å². The molecule has 6 heteroatoms. The van der Waals surface area contributed by atoms with Gasteiger partial charge >= 0.3 is 6.09 Å². The summed E-state index contributed by atoms with van der Waals surface area (Å²) in [7, 11) is 1.56. The average molecular weight is 324 g/mol. The fourth-order valence-electron chi connectivity index (χ4n) is 1.92. The molecule has 1 rings (SSSR count). The van der Waals surface area contributed by atoms with Gasteiger partial charge in [0, 0.05) is 24.4 Å². The Morgan fingerprint density at radius 1 is 1.30 bits per heavy atom. The van der Waals surface area contributed by atoms with Crippen LogP contribution in [0.2, 0.25) is 0 Å². The Hall–Kier alpha value is -1.95. The molecular formula is C17H28N2O4. The molecule has 0 heterocycles. The van der Waals surface area contributed by atoms with Crippen LogP contribution in [0.15, 0.2) is 18.2 Å². The van der Waals surface area contributed by atoms with Crippen LogP contribution in [0.25, 0.3) is 0 Å². The minimum atomic E-state index is -0.548. The lowest BCUT2D eigenvalue weighted by atomic mass is 10.2. The SMILES string of the molecule is CCOCC(C)Nc1ccc(NC(=O)OC(C)(C)C)c(OC)c1. The van der Waals surface area contributed by atoms with Crippen molar-refractivity contribution >= 4 is 17.5 Å². The number of amides is 1. The van der Waals surface area contributed by atoms with Gasteiger partial charge in [0.25, 0.3) is 0 Å². The van der Waals surface area contributed by atoms with E-state index in [4.69, 9.17) is 14.2 Å². The Morgan fingerprint density at radius 2 is 2.00 bits per heavy atom. The summed E-state index contributed by atoms with van der Waals surface area (Å²) in [5, 5.41) is 6.02. The van der Waals surface area contributed by atoms with Crippen molar-refractivity contribution in [1.29, 1.82) is 0 Å². The summed E-state index contributed by atoms with van der Waals surface area (Å²) in [5.41, 5.74) is 0.904. The first-order valence-electron chi connectivity index (χ1n) is 7.77. The summed E-state index contributed by atoms with van der Waals surface area (Å²) >= 11 is 0. The topological polar surface area (TPSA) is 68.8 Å². The van der Waals surface area contributed by atoms with Crippen molar-refractivity contribution in [2.24, 2.45) is 0 Å². The second-order valence-corrected chi connectivity index (χ2v) is 6.25. The maximum Gasteiger partial charge on any atom is 0.412 e. The van der Waals surface area contributed by atoms with E-state index in [1.165, 1.54) is 0 Å². The third kappa shape index (κ3) is 7.23. The number of hydrogen-bond donors (Lipinski definition) is 2. The Labute approximate surface area is 138 Å². The zero-order chi connectivity index (χ0) is 17.5. The van der Waals surface area contributed by atoms with E-state index in [1.54, 1.807) is 13.2 Å². The summed E-state index contributed by atoms with van der Waals surface area (Å²) < 4.78 is 16.0. The van der Waals surface area contributed by atoms with Gasteiger partial charge in [0.1, 0.15) is 11.4 Å². The summed E-state index contributed by atoms with van der Waals surface area (Å²) in [6, 6.07) is 5.65. The maximum atomic E-state index is 11.9. The van der Waals surface area contributed by atoms with Crippen LogP contribution in [0.3, 0.4) is 0 Å². The highest BCUT2D eigenvalue weighted by atomic mass is 16.6. The summed E-state index contributed by atoms with van der Waals surface area (Å²) in [6.45, 7) is 10.8. The third-order valence-corrected chi connectivity index (χ3v) is 2.82. The Balaban J connectivity index is 2.74. The van der Waals surface area contributed by atoms with Crippen molar-refractivity contribution in [2.45, 2.75) is 46.3 Å². The largest absolute Gasteiger partial charge is 0.494 e. The van der Waals surface area contributed by atoms with Crippen molar-refractivity contribution in [3.05, 3.63) is 18.2 Å². The second kappa shape index (κ2) is 8.62. The highest BCUT2D eigenvalue weighted by molar-refractivity contribution is 5.87. The molecule has 0 bridgehead atoms. The lowest BCUT2D eigenvalue weighted by molar-refractivity contribution is 0.0635. The van der Waals surface area contributed by atoms with Gasteiger partial charge in [0.2, 0.25) is 0 Å². The Kier molecular flexibility index (Phi) is 7.16. The van der Waals surface area contributed by atoms with E-state index >= 15 is 0 Å². The highest BCUT2D eigenvalue weighted by Crippen LogP contribution is 2.28. The van der Waals surface area contributed by atoms with E-state index in [0.29, 0.717) is 24.7 Å². The van der Waals surface area contributed by atoms with E-state index in [-0.39, 0.29) is 6.04 Å². The van der Waals surface area contributed by atoms with Crippen molar-refractivity contribution in [1.82, 2.24) is 0 Å². The fraction of sp³-hybridized carbons (Fsp3) is 0.588. The van der Waals surface area contributed by atoms with Gasteiger partial charge < -0.3 is 19.5 Å². The minimum absolute atomic E-state index is 0.171. The summed E-state index contributed by atoms with van der Waals surface area (Å²) in [4.78, 5) is 11.9. The molecule has 0 saturated carbocycles. The molecule has 1 atom stereocenters. The van der Waals surface area contributed by atoms with E-state index in [1.807, 2.05) is 46.8 Å². The second-order valence-electron chi connectivity index (χ2n) is 6.25. The van der Waals surface area contributed by atoms with Crippen LogP contribution >= 0.6 is 0 Å². The molecule has 0 aliphatic carbocycles. The molecule has 0 fully saturated rings. The quantitative estimate of drug-likeness (QED) is 0.796. The number of carbonyl (C=O) groups is 1. The van der Waals surface area contributed by atoms with Gasteiger partial charge in [-0.2, -0.15) is 0 Å². The highest BCUT2D eigenvalue weighted by Gasteiger charge is 2.17. The van der Waals surface area contributed by atoms with E-state index in [0.717, 1.165) is 5.69 Å². The molecule has 6 nitrogen and oxygen atoms in total. The van der Waals surface area contributed by atoms with Crippen LogP contribution < -0.4 is 15.4 Å². The standard InChI is InChI=1S/C17H28N2O4/c1-7-22-11-12(2)18-13-8-9-14(15(10-13)21-6)19-16(20)23-17(3,4)5/h8-10,12,18H,7,11H2,1-6H3,(H,19,20). The lowest BCUT2D eigenvalue weighted by Gasteiger charge is -2.21. The van der Waals surface area contributed by atoms with Crippen LogP contribution in [0.5, 0.6) is 5.75 Å². The molecule has 0 spiro atoms. The Bertz CT molecular complexity index is 512. The van der Waals surface area contributed by atoms with Gasteiger partial charge in [-0.1, -0.05) is 0 Å². The maximum absolute atomic E-state index is 11.9. The molecule has 1 aromatic carbocycles. The van der Waals surface area contributed by atoms with Crippen molar-refractivity contribution in [3.63, 3.8) is 0 Å². The first-order chi connectivity index (χ1) is 10.7. The first kappa shape index (κ1) is 19.1. The van der Waals surface area contributed by atoms with Crippen LogP contribution in [0.1, 0.15) is 34.6 Å². The number of ether oxygens (including phenoxy) is 3. The number of hydrogen-bond acceptors (Lipinski definition) is 5. The normalized spacial score (nSPS) is 12.4. The molecule has 1 aromatic rings. The van der Waals surface area contributed by atoms with Gasteiger partial charge in [0.05, 0.1) is 19.4 Å². The number of anilines is 2. The zero-order valence-corrected chi connectivity index (χ0v) is 14.9. The molecular weight excluding hydrogens is 296 g/mol. The van der Waals surface area contributed by atoms with Gasteiger partial charge in [-0.3, -0.25) is 5.32 Å². The molecule has 0 radical (unpaired) electrons. The van der Waals surface area contributed by atoms with Crippen molar-refractivity contribution in [3.8, 4) is 5.75 Å². The lowest BCUT2D eigenvalue weighted by Crippen LogP contribution is -2.27. The number of carbonyl (C=O) groups excluding carboxylic acids is 1. The smallest absolute Gasteiger partial charge is 0.412 e. The number of rotatable bonds is 7. The molecule has 1 amide bonds. The molecule has 2 N–H and O–H groups in total. The van der Waals surface area contributed by atoms with Crippen LogP contribution in [0.4, 0.5) is 16.2 Å². The molecule has 0 aromatic heterocycles. The molecule has 130 valence electrons.